The lowest BCUT2D eigenvalue weighted by Crippen LogP contribution is -2.65. The van der Waals surface area contributed by atoms with Crippen LogP contribution in [0.5, 0.6) is 0 Å². The van der Waals surface area contributed by atoms with Crippen LogP contribution < -0.4 is 21.3 Å². The van der Waals surface area contributed by atoms with E-state index >= 15 is 0 Å². The first-order valence-corrected chi connectivity index (χ1v) is 25.9. The van der Waals surface area contributed by atoms with Gasteiger partial charge in [0, 0.05) is 0 Å². The smallest absolute Gasteiger partial charge is 0.408 e. The molecule has 18 nitrogen and oxygen atoms in total. The topological polar surface area (TPSA) is 231 Å². The second kappa shape index (κ2) is 21.6. The molecule has 0 spiro atoms. The number of carboxylic acid groups (broad SMARTS) is 1. The van der Waals surface area contributed by atoms with Gasteiger partial charge in [-0.05, 0) is 89.9 Å². The van der Waals surface area contributed by atoms with Gasteiger partial charge in [-0.25, -0.2) is 9.59 Å². The van der Waals surface area contributed by atoms with E-state index in [1.54, 1.807) is 102 Å². The van der Waals surface area contributed by atoms with E-state index in [2.05, 4.69) is 21.3 Å². The third-order valence-electron chi connectivity index (χ3n) is 12.8. The van der Waals surface area contributed by atoms with E-state index in [4.69, 9.17) is 18.6 Å². The van der Waals surface area contributed by atoms with Gasteiger partial charge in [-0.2, -0.15) is 0 Å². The first-order valence-electron chi connectivity index (χ1n) is 23.0. The number of amides is 6. The number of nitrogens with zero attached hydrogens (tertiary/aromatic N) is 2. The Morgan fingerprint density at radius 3 is 1.48 bits per heavy atom. The number of benzene rings is 1. The lowest BCUT2D eigenvalue weighted by molar-refractivity contribution is -0.156. The van der Waals surface area contributed by atoms with Gasteiger partial charge in [0.25, 0.3) is 0 Å². The summed E-state index contributed by atoms with van der Waals surface area (Å²) in [5.41, 5.74) is -1.94. The number of aliphatic carboxylic acids is 1. The number of ether oxygens (including phenoxy) is 3. The molecule has 9 atom stereocenters. The van der Waals surface area contributed by atoms with Crippen molar-refractivity contribution in [2.75, 3.05) is 0 Å². The van der Waals surface area contributed by atoms with Gasteiger partial charge in [-0.15, -0.1) is 0 Å². The number of hydrogen-bond donors (Lipinski definition) is 5. The first-order chi connectivity index (χ1) is 30.2. The van der Waals surface area contributed by atoms with Crippen LogP contribution in [0.1, 0.15) is 116 Å². The molecule has 6 amide bonds. The molecule has 0 aliphatic carbocycles. The highest BCUT2D eigenvalue weighted by molar-refractivity contribution is 6.74. The van der Waals surface area contributed by atoms with Gasteiger partial charge in [0.15, 0.2) is 14.4 Å². The van der Waals surface area contributed by atoms with Crippen LogP contribution >= 0.6 is 0 Å². The van der Waals surface area contributed by atoms with Gasteiger partial charge < -0.3 is 45.0 Å². The molecule has 1 aromatic carbocycles. The summed E-state index contributed by atoms with van der Waals surface area (Å²) in [6.45, 7) is 31.7. The maximum atomic E-state index is 14.9. The van der Waals surface area contributed by atoms with Crippen LogP contribution in [0.4, 0.5) is 4.79 Å². The molecule has 2 saturated heterocycles. The lowest BCUT2D eigenvalue weighted by Gasteiger charge is -2.40. The van der Waals surface area contributed by atoms with Crippen molar-refractivity contribution in [3.63, 3.8) is 0 Å². The van der Waals surface area contributed by atoms with Gasteiger partial charge in [0.2, 0.25) is 29.5 Å². The maximum absolute atomic E-state index is 14.9. The molecule has 0 radical (unpaired) electrons. The highest BCUT2D eigenvalue weighted by atomic mass is 28.4. The fraction of sp³-hybridized carbons (Fsp3) is 0.723. The Morgan fingerprint density at radius 2 is 1.09 bits per heavy atom. The molecular weight excluding hydrogens is 869 g/mol. The van der Waals surface area contributed by atoms with Crippen LogP contribution in [0.15, 0.2) is 30.3 Å². The number of hydrogen-bond acceptors (Lipinski definition) is 11. The van der Waals surface area contributed by atoms with E-state index in [1.165, 1.54) is 9.80 Å². The van der Waals surface area contributed by atoms with Crippen LogP contribution in [0.2, 0.25) is 18.1 Å². The van der Waals surface area contributed by atoms with Crippen LogP contribution in [-0.4, -0.2) is 131 Å². The van der Waals surface area contributed by atoms with Gasteiger partial charge in [-0.1, -0.05) is 92.6 Å². The Kier molecular flexibility index (Phi) is 18.2. The molecule has 0 unspecified atom stereocenters. The predicted molar refractivity (Wildman–Crippen MR) is 250 cm³/mol. The Morgan fingerprint density at radius 1 is 0.682 bits per heavy atom. The molecular formula is C47H78N6O12Si. The molecule has 0 bridgehead atoms. The van der Waals surface area contributed by atoms with Crippen LogP contribution in [-0.2, 0) is 54.0 Å². The molecule has 19 heteroatoms. The van der Waals surface area contributed by atoms with Crippen molar-refractivity contribution < 1.29 is 57.3 Å². The average molecular weight is 947 g/mol. The van der Waals surface area contributed by atoms with Crippen LogP contribution in [0, 0.1) is 17.8 Å². The Labute approximate surface area is 392 Å². The minimum atomic E-state index is -2.44. The molecule has 2 fully saturated rings. The van der Waals surface area contributed by atoms with Crippen molar-refractivity contribution >= 4 is 49.9 Å². The molecule has 66 heavy (non-hydrogen) atoms. The zero-order valence-corrected chi connectivity index (χ0v) is 43.4. The molecule has 3 rings (SSSR count). The van der Waals surface area contributed by atoms with E-state index in [0.717, 1.165) is 5.56 Å². The number of rotatable bonds is 18. The summed E-state index contributed by atoms with van der Waals surface area (Å²) in [4.78, 5) is 100. The van der Waals surface area contributed by atoms with Crippen molar-refractivity contribution in [2.24, 2.45) is 17.8 Å². The number of alkyl carbamates (subject to hydrolysis) is 1. The van der Waals surface area contributed by atoms with E-state index in [1.807, 2.05) is 52.1 Å². The van der Waals surface area contributed by atoms with Gasteiger partial charge in [0.1, 0.15) is 48.3 Å². The molecule has 372 valence electrons. The summed E-state index contributed by atoms with van der Waals surface area (Å²) in [5.74, 6) is -6.24. The fourth-order valence-electron chi connectivity index (χ4n) is 8.27. The summed E-state index contributed by atoms with van der Waals surface area (Å²) in [5, 5.41) is 20.8. The van der Waals surface area contributed by atoms with Crippen LogP contribution in [0.3, 0.4) is 0 Å². The van der Waals surface area contributed by atoms with Crippen molar-refractivity contribution in [3.05, 3.63) is 35.9 Å². The standard InChI is InChI=1S/C47H78N6O12Si/c1-25(2)32(38(54)50-35(43(59)60)28(7)65-66(17,18)45(10,11)12)48-39(55)36-29(8)63-46(13,14)52(36)41(57)33(26(3)4)49-40(56)37-30(9)64-47(15,16)53(37)42(58)34(27(5)6)51-44(61)62-24-31-22-20-19-21-23-31/h19-23,25-30,32-37H,24H2,1-18H3,(H,48,55)(H,49,56)(H,50,54)(H,51,61)(H,59,60)/t28-,29-,30-,32+,33+,34+,35+,36+,37+/m1/s1. The summed E-state index contributed by atoms with van der Waals surface area (Å²) >= 11 is 0. The molecule has 2 heterocycles. The largest absolute Gasteiger partial charge is 0.480 e. The normalized spacial score (nSPS) is 22.9. The third-order valence-corrected chi connectivity index (χ3v) is 17.4. The molecule has 1 aromatic rings. The molecule has 0 saturated carbocycles. The number of carbonyl (C=O) groups excluding carboxylic acids is 6. The maximum Gasteiger partial charge on any atom is 0.408 e. The number of carbonyl (C=O) groups is 7. The average Bonchev–Trinajstić information content (AvgIpc) is 3.58. The number of nitrogens with one attached hydrogen (secondary N) is 4. The highest BCUT2D eigenvalue weighted by Gasteiger charge is 2.56. The Balaban J connectivity index is 1.89. The van der Waals surface area contributed by atoms with Crippen LogP contribution in [0.25, 0.3) is 0 Å². The number of carboxylic acids is 1. The Hall–Kier alpha value is -4.59. The minimum absolute atomic E-state index is 0.0231. The summed E-state index contributed by atoms with van der Waals surface area (Å²) in [6, 6.07) is 1.51. The quantitative estimate of drug-likeness (QED) is 0.124. The van der Waals surface area contributed by atoms with Crippen molar-refractivity contribution in [1.82, 2.24) is 31.1 Å². The van der Waals surface area contributed by atoms with E-state index in [0.29, 0.717) is 0 Å². The zero-order valence-electron chi connectivity index (χ0n) is 42.4. The molecule has 2 aliphatic rings. The van der Waals surface area contributed by atoms with Crippen molar-refractivity contribution in [3.8, 4) is 0 Å². The summed E-state index contributed by atoms with van der Waals surface area (Å²) in [6.07, 6.45) is -3.45. The third kappa shape index (κ3) is 13.1. The fourth-order valence-corrected chi connectivity index (χ4v) is 9.69. The summed E-state index contributed by atoms with van der Waals surface area (Å²) in [7, 11) is -2.44. The van der Waals surface area contributed by atoms with E-state index < -0.39 is 134 Å². The minimum Gasteiger partial charge on any atom is -0.480 e. The van der Waals surface area contributed by atoms with Gasteiger partial charge >= 0.3 is 12.1 Å². The molecule has 2 aliphatic heterocycles. The lowest BCUT2D eigenvalue weighted by atomic mass is 9.97. The second-order valence-electron chi connectivity index (χ2n) is 21.1. The highest BCUT2D eigenvalue weighted by Crippen LogP contribution is 2.38. The first kappa shape index (κ1) is 55.7. The summed E-state index contributed by atoms with van der Waals surface area (Å²) < 4.78 is 24.1. The predicted octanol–water partition coefficient (Wildman–Crippen LogP) is 4.90. The van der Waals surface area contributed by atoms with Gasteiger partial charge in [-0.3, -0.25) is 33.8 Å². The zero-order chi connectivity index (χ0) is 50.6. The van der Waals surface area contributed by atoms with Crippen molar-refractivity contribution in [2.45, 2.75) is 202 Å². The van der Waals surface area contributed by atoms with Crippen molar-refractivity contribution in [1.29, 1.82) is 0 Å². The molecule has 0 aromatic heterocycles. The monoisotopic (exact) mass is 947 g/mol. The second-order valence-corrected chi connectivity index (χ2v) is 25.9. The van der Waals surface area contributed by atoms with E-state index in [9.17, 15) is 38.7 Å². The molecule has 5 N–H and O–H groups in total. The van der Waals surface area contributed by atoms with E-state index in [-0.39, 0.29) is 11.6 Å². The Bertz CT molecular complexity index is 1920. The van der Waals surface area contributed by atoms with Gasteiger partial charge in [0.05, 0.1) is 18.3 Å². The SMILES string of the molecule is CC(C)[C@H](NC(=O)[C@@H]1[C@@H](C)OC(C)(C)N1C(=O)[C@@H](NC(=O)[C@@H]1[C@@H](C)OC(C)(C)N1C(=O)[C@@H](NC(=O)OCc1ccccc1)C(C)C)C(C)C)C(=O)N[C@H](C(=O)O)[C@@H](C)O[Si](C)(C)C(C)(C)C.